The van der Waals surface area contributed by atoms with E-state index in [4.69, 9.17) is 4.42 Å². The Bertz CT molecular complexity index is 1820. The maximum atomic E-state index is 6.10. The number of nitrogens with zero attached hydrogens (tertiary/aromatic N) is 1. The standard InChI is InChI=1S/C31H21NO/c1-20-8-7-13-30-31(20)26-19-22(15-17-29(26)33-30)21-14-16-28-25(18-21)24-11-5-6-12-27(24)32(28)23-9-3-2-4-10-23/h2-19H,1H3. The first kappa shape index (κ1) is 18.3. The van der Waals surface area contributed by atoms with Crippen LogP contribution in [0.4, 0.5) is 0 Å². The summed E-state index contributed by atoms with van der Waals surface area (Å²) in [5, 5.41) is 4.91. The average Bonchev–Trinajstić information content (AvgIpc) is 3.40. The zero-order valence-electron chi connectivity index (χ0n) is 18.2. The summed E-state index contributed by atoms with van der Waals surface area (Å²) in [7, 11) is 0. The van der Waals surface area contributed by atoms with Gasteiger partial charge in [-0.05, 0) is 72.1 Å². The van der Waals surface area contributed by atoms with Crippen molar-refractivity contribution >= 4 is 43.7 Å². The van der Waals surface area contributed by atoms with Crippen molar-refractivity contribution in [3.8, 4) is 16.8 Å². The molecule has 0 saturated heterocycles. The van der Waals surface area contributed by atoms with Gasteiger partial charge in [0, 0.05) is 27.2 Å². The van der Waals surface area contributed by atoms with Gasteiger partial charge in [-0.2, -0.15) is 0 Å². The normalized spacial score (nSPS) is 11.8. The van der Waals surface area contributed by atoms with Gasteiger partial charge in [-0.25, -0.2) is 0 Å². The predicted molar refractivity (Wildman–Crippen MR) is 138 cm³/mol. The van der Waals surface area contributed by atoms with Crippen LogP contribution in [0.15, 0.2) is 114 Å². The van der Waals surface area contributed by atoms with Crippen LogP contribution in [0.1, 0.15) is 5.56 Å². The molecule has 0 spiro atoms. The Kier molecular flexibility index (Phi) is 3.80. The van der Waals surface area contributed by atoms with E-state index in [2.05, 4.69) is 115 Å². The second kappa shape index (κ2) is 6.85. The smallest absolute Gasteiger partial charge is 0.135 e. The van der Waals surface area contributed by atoms with Gasteiger partial charge in [-0.15, -0.1) is 0 Å². The lowest BCUT2D eigenvalue weighted by molar-refractivity contribution is 0.669. The molecule has 0 fully saturated rings. The van der Waals surface area contributed by atoms with Crippen LogP contribution in [0.3, 0.4) is 0 Å². The van der Waals surface area contributed by atoms with Crippen molar-refractivity contribution < 1.29 is 4.42 Å². The molecule has 2 heteroatoms. The van der Waals surface area contributed by atoms with Gasteiger partial charge >= 0.3 is 0 Å². The number of hydrogen-bond acceptors (Lipinski definition) is 1. The number of para-hydroxylation sites is 2. The van der Waals surface area contributed by atoms with Crippen molar-refractivity contribution in [3.63, 3.8) is 0 Å². The lowest BCUT2D eigenvalue weighted by atomic mass is 9.99. The number of fused-ring (bicyclic) bond motifs is 6. The highest BCUT2D eigenvalue weighted by molar-refractivity contribution is 6.11. The molecule has 0 unspecified atom stereocenters. The van der Waals surface area contributed by atoms with Crippen LogP contribution in [-0.4, -0.2) is 4.57 Å². The topological polar surface area (TPSA) is 18.1 Å². The molecule has 0 aliphatic carbocycles. The fraction of sp³-hybridized carbons (Fsp3) is 0.0323. The number of benzene rings is 5. The number of rotatable bonds is 2. The largest absolute Gasteiger partial charge is 0.456 e. The quantitative estimate of drug-likeness (QED) is 0.272. The van der Waals surface area contributed by atoms with E-state index >= 15 is 0 Å². The molecule has 0 radical (unpaired) electrons. The first-order valence-electron chi connectivity index (χ1n) is 11.3. The third-order valence-corrected chi connectivity index (χ3v) is 6.72. The summed E-state index contributed by atoms with van der Waals surface area (Å²) < 4.78 is 8.45. The van der Waals surface area contributed by atoms with Gasteiger partial charge in [0.25, 0.3) is 0 Å². The maximum Gasteiger partial charge on any atom is 0.135 e. The molecule has 2 nitrogen and oxygen atoms in total. The predicted octanol–water partition coefficient (Wildman–Crippen LogP) is 8.66. The van der Waals surface area contributed by atoms with E-state index in [-0.39, 0.29) is 0 Å². The van der Waals surface area contributed by atoms with Crippen LogP contribution in [-0.2, 0) is 0 Å². The zero-order valence-corrected chi connectivity index (χ0v) is 18.2. The van der Waals surface area contributed by atoms with Gasteiger partial charge in [0.15, 0.2) is 0 Å². The van der Waals surface area contributed by atoms with E-state index in [1.54, 1.807) is 0 Å². The summed E-state index contributed by atoms with van der Waals surface area (Å²) in [6, 6.07) is 38.8. The summed E-state index contributed by atoms with van der Waals surface area (Å²) >= 11 is 0. The molecule has 156 valence electrons. The first-order valence-corrected chi connectivity index (χ1v) is 11.3. The SMILES string of the molecule is Cc1cccc2oc3ccc(-c4ccc5c(c4)c4ccccc4n5-c4ccccc4)cc3c12. The lowest BCUT2D eigenvalue weighted by Gasteiger charge is -2.08. The number of aryl methyl sites for hydroxylation is 1. The number of hydrogen-bond donors (Lipinski definition) is 0. The summed E-state index contributed by atoms with van der Waals surface area (Å²) in [6.45, 7) is 2.15. The Labute approximate surface area is 191 Å². The fourth-order valence-corrected chi connectivity index (χ4v) is 5.19. The van der Waals surface area contributed by atoms with Crippen molar-refractivity contribution in [2.45, 2.75) is 6.92 Å². The molecule has 2 heterocycles. The molecule has 0 N–H and O–H groups in total. The molecule has 7 rings (SSSR count). The van der Waals surface area contributed by atoms with Crippen LogP contribution >= 0.6 is 0 Å². The molecule has 2 aromatic heterocycles. The average molecular weight is 424 g/mol. The third kappa shape index (κ3) is 2.68. The molecule has 33 heavy (non-hydrogen) atoms. The number of furan rings is 1. The minimum Gasteiger partial charge on any atom is -0.456 e. The highest BCUT2D eigenvalue weighted by Gasteiger charge is 2.14. The maximum absolute atomic E-state index is 6.10. The van der Waals surface area contributed by atoms with Gasteiger partial charge in [-0.1, -0.05) is 60.7 Å². The van der Waals surface area contributed by atoms with Crippen LogP contribution in [0.5, 0.6) is 0 Å². The minimum atomic E-state index is 0.935. The molecular weight excluding hydrogens is 402 g/mol. The summed E-state index contributed by atoms with van der Waals surface area (Å²) in [4.78, 5) is 0. The molecule has 0 bridgehead atoms. The molecular formula is C31H21NO. The van der Waals surface area contributed by atoms with Crippen molar-refractivity contribution in [1.82, 2.24) is 4.57 Å². The van der Waals surface area contributed by atoms with Crippen LogP contribution in [0.2, 0.25) is 0 Å². The molecule has 0 aliphatic heterocycles. The Balaban J connectivity index is 1.49. The summed E-state index contributed by atoms with van der Waals surface area (Å²) in [5.41, 5.74) is 9.16. The minimum absolute atomic E-state index is 0.935. The molecule has 0 aliphatic rings. The Morgan fingerprint density at radius 2 is 1.27 bits per heavy atom. The van der Waals surface area contributed by atoms with E-state index in [0.717, 1.165) is 11.2 Å². The summed E-state index contributed by atoms with van der Waals surface area (Å²) in [5.74, 6) is 0. The molecule has 5 aromatic carbocycles. The monoisotopic (exact) mass is 423 g/mol. The summed E-state index contributed by atoms with van der Waals surface area (Å²) in [6.07, 6.45) is 0. The molecule has 0 amide bonds. The second-order valence-electron chi connectivity index (χ2n) is 8.68. The van der Waals surface area contributed by atoms with E-state index in [1.165, 1.54) is 55.0 Å². The highest BCUT2D eigenvalue weighted by Crippen LogP contribution is 2.37. The van der Waals surface area contributed by atoms with E-state index in [9.17, 15) is 0 Å². The van der Waals surface area contributed by atoms with Crippen molar-refractivity contribution in [2.24, 2.45) is 0 Å². The Morgan fingerprint density at radius 1 is 0.545 bits per heavy atom. The Hall–Kier alpha value is -4.30. The Morgan fingerprint density at radius 3 is 2.15 bits per heavy atom. The van der Waals surface area contributed by atoms with Gasteiger partial charge in [0.1, 0.15) is 11.2 Å². The van der Waals surface area contributed by atoms with Gasteiger partial charge in [-0.3, -0.25) is 0 Å². The van der Waals surface area contributed by atoms with Crippen LogP contribution in [0, 0.1) is 6.92 Å². The van der Waals surface area contributed by atoms with Gasteiger partial charge in [0.2, 0.25) is 0 Å². The molecule has 0 saturated carbocycles. The van der Waals surface area contributed by atoms with E-state index in [0.29, 0.717) is 0 Å². The fourth-order valence-electron chi connectivity index (χ4n) is 5.19. The lowest BCUT2D eigenvalue weighted by Crippen LogP contribution is -1.92. The number of aromatic nitrogens is 1. The molecule has 7 aromatic rings. The highest BCUT2D eigenvalue weighted by atomic mass is 16.3. The van der Waals surface area contributed by atoms with Crippen molar-refractivity contribution in [3.05, 3.63) is 115 Å². The zero-order chi connectivity index (χ0) is 21.9. The van der Waals surface area contributed by atoms with Gasteiger partial charge in [0.05, 0.1) is 11.0 Å². The van der Waals surface area contributed by atoms with Crippen LogP contribution in [0.25, 0.3) is 60.6 Å². The molecule has 0 atom stereocenters. The van der Waals surface area contributed by atoms with Crippen molar-refractivity contribution in [1.29, 1.82) is 0 Å². The van der Waals surface area contributed by atoms with E-state index < -0.39 is 0 Å². The van der Waals surface area contributed by atoms with Crippen molar-refractivity contribution in [2.75, 3.05) is 0 Å². The third-order valence-electron chi connectivity index (χ3n) is 6.72. The van der Waals surface area contributed by atoms with Gasteiger partial charge < -0.3 is 8.98 Å². The second-order valence-corrected chi connectivity index (χ2v) is 8.68. The first-order chi connectivity index (χ1) is 16.3. The van der Waals surface area contributed by atoms with Crippen LogP contribution < -0.4 is 0 Å². The van der Waals surface area contributed by atoms with E-state index in [1.807, 2.05) is 6.07 Å².